The topological polar surface area (TPSA) is 94.3 Å². The van der Waals surface area contributed by atoms with Crippen molar-refractivity contribution in [3.05, 3.63) is 52.3 Å². The molecular weight excluding hydrogens is 338 g/mol. The van der Waals surface area contributed by atoms with E-state index in [1.165, 1.54) is 25.4 Å². The van der Waals surface area contributed by atoms with Crippen molar-refractivity contribution in [1.82, 2.24) is 4.98 Å². The average Bonchev–Trinajstić information content (AvgIpc) is 2.47. The summed E-state index contributed by atoms with van der Waals surface area (Å²) in [6, 6.07) is 7.72. The maximum Gasteiger partial charge on any atom is 0.255 e. The van der Waals surface area contributed by atoms with Crippen LogP contribution in [0.2, 0.25) is 0 Å². The number of pyridine rings is 1. The van der Waals surface area contributed by atoms with Crippen LogP contribution in [0, 0.1) is 0 Å². The molecule has 1 aromatic carbocycles. The summed E-state index contributed by atoms with van der Waals surface area (Å²) in [6.45, 7) is 0. The normalized spacial score (nSPS) is 10.0. The van der Waals surface area contributed by atoms with Crippen LogP contribution in [0.5, 0.6) is 5.75 Å². The van der Waals surface area contributed by atoms with Gasteiger partial charge in [0.2, 0.25) is 5.91 Å². The van der Waals surface area contributed by atoms with E-state index in [-0.39, 0.29) is 11.5 Å². The van der Waals surface area contributed by atoms with Crippen molar-refractivity contribution in [2.45, 2.75) is 0 Å². The summed E-state index contributed by atoms with van der Waals surface area (Å²) in [4.78, 5) is 27.3. The molecule has 0 bridgehead atoms. The molecule has 1 heterocycles. The second-order valence-corrected chi connectivity index (χ2v) is 4.91. The molecule has 0 saturated carbocycles. The molecule has 3 N–H and O–H groups in total. The first-order valence-corrected chi connectivity index (χ1v) is 6.71. The Kier molecular flexibility index (Phi) is 4.54. The first kappa shape index (κ1) is 15.0. The van der Waals surface area contributed by atoms with E-state index in [1.807, 2.05) is 0 Å². The maximum atomic E-state index is 12.2. The van der Waals surface area contributed by atoms with Gasteiger partial charge in [-0.1, -0.05) is 0 Å². The number of aromatic nitrogens is 1. The standard InChI is InChI=1S/C14H12BrN3O3/c1-21-11-3-2-8(13(16)19)6-10(11)18-14(20)9-4-5-17-12(15)7-9/h2-7H,1H3,(H2,16,19)(H,18,20). The summed E-state index contributed by atoms with van der Waals surface area (Å²) in [5, 5.41) is 2.68. The SMILES string of the molecule is COc1ccc(C(N)=O)cc1NC(=O)c1ccnc(Br)c1. The van der Waals surface area contributed by atoms with Crippen LogP contribution in [-0.4, -0.2) is 23.9 Å². The Morgan fingerprint density at radius 2 is 2.00 bits per heavy atom. The lowest BCUT2D eigenvalue weighted by atomic mass is 10.1. The highest BCUT2D eigenvalue weighted by atomic mass is 79.9. The number of rotatable bonds is 4. The molecule has 0 spiro atoms. The van der Waals surface area contributed by atoms with E-state index < -0.39 is 5.91 Å². The molecule has 6 nitrogen and oxygen atoms in total. The molecule has 0 saturated heterocycles. The van der Waals surface area contributed by atoms with Crippen LogP contribution in [0.3, 0.4) is 0 Å². The van der Waals surface area contributed by atoms with Crippen LogP contribution >= 0.6 is 15.9 Å². The Morgan fingerprint density at radius 3 is 2.62 bits per heavy atom. The highest BCUT2D eigenvalue weighted by Gasteiger charge is 2.12. The first-order valence-electron chi connectivity index (χ1n) is 5.92. The van der Waals surface area contributed by atoms with Crippen molar-refractivity contribution in [3.63, 3.8) is 0 Å². The molecule has 2 aromatic rings. The van der Waals surface area contributed by atoms with Gasteiger partial charge in [-0.2, -0.15) is 0 Å². The molecule has 7 heteroatoms. The van der Waals surface area contributed by atoms with Gasteiger partial charge in [-0.05, 0) is 46.3 Å². The largest absolute Gasteiger partial charge is 0.495 e. The molecule has 108 valence electrons. The summed E-state index contributed by atoms with van der Waals surface area (Å²) in [6.07, 6.45) is 1.51. The van der Waals surface area contributed by atoms with Crippen molar-refractivity contribution in [3.8, 4) is 5.75 Å². The second-order valence-electron chi connectivity index (χ2n) is 4.10. The summed E-state index contributed by atoms with van der Waals surface area (Å²) in [5.41, 5.74) is 6.30. The minimum Gasteiger partial charge on any atom is -0.495 e. The third-order valence-electron chi connectivity index (χ3n) is 2.72. The quantitative estimate of drug-likeness (QED) is 0.827. The Hall–Kier alpha value is -2.41. The fraction of sp³-hybridized carbons (Fsp3) is 0.0714. The minimum atomic E-state index is -0.584. The Balaban J connectivity index is 2.31. The summed E-state index contributed by atoms with van der Waals surface area (Å²) in [7, 11) is 1.47. The number of ether oxygens (including phenoxy) is 1. The molecule has 1 aromatic heterocycles. The Morgan fingerprint density at radius 1 is 1.24 bits per heavy atom. The fourth-order valence-corrected chi connectivity index (χ4v) is 2.06. The van der Waals surface area contributed by atoms with E-state index in [1.54, 1.807) is 18.2 Å². The van der Waals surface area contributed by atoms with Gasteiger partial charge in [0.05, 0.1) is 12.8 Å². The van der Waals surface area contributed by atoms with Crippen LogP contribution in [0.1, 0.15) is 20.7 Å². The number of halogens is 1. The number of primary amides is 1. The number of hydrogen-bond acceptors (Lipinski definition) is 4. The molecule has 0 aliphatic heterocycles. The zero-order valence-electron chi connectivity index (χ0n) is 11.1. The Bertz CT molecular complexity index is 704. The number of benzene rings is 1. The van der Waals surface area contributed by atoms with Crippen molar-refractivity contribution in [1.29, 1.82) is 0 Å². The van der Waals surface area contributed by atoms with Gasteiger partial charge in [-0.3, -0.25) is 9.59 Å². The van der Waals surface area contributed by atoms with Crippen LogP contribution in [0.15, 0.2) is 41.1 Å². The highest BCUT2D eigenvalue weighted by molar-refractivity contribution is 9.10. The number of nitrogens with two attached hydrogens (primary N) is 1. The summed E-state index contributed by atoms with van der Waals surface area (Å²) < 4.78 is 5.70. The molecule has 21 heavy (non-hydrogen) atoms. The van der Waals surface area contributed by atoms with E-state index in [0.29, 0.717) is 21.6 Å². The maximum absolute atomic E-state index is 12.2. The number of anilines is 1. The molecule has 0 radical (unpaired) electrons. The molecule has 2 amide bonds. The molecule has 0 aliphatic carbocycles. The van der Waals surface area contributed by atoms with Crippen molar-refractivity contribution in [2.24, 2.45) is 5.73 Å². The smallest absolute Gasteiger partial charge is 0.255 e. The third-order valence-corrected chi connectivity index (χ3v) is 3.15. The molecule has 0 aliphatic rings. The Labute approximate surface area is 129 Å². The number of methoxy groups -OCH3 is 1. The van der Waals surface area contributed by atoms with Crippen LogP contribution in [0.25, 0.3) is 0 Å². The lowest BCUT2D eigenvalue weighted by Crippen LogP contribution is -2.15. The van der Waals surface area contributed by atoms with Gasteiger partial charge in [0.25, 0.3) is 5.91 Å². The van der Waals surface area contributed by atoms with Crippen LogP contribution in [0.4, 0.5) is 5.69 Å². The van der Waals surface area contributed by atoms with Crippen molar-refractivity contribution in [2.75, 3.05) is 12.4 Å². The van der Waals surface area contributed by atoms with Crippen molar-refractivity contribution < 1.29 is 14.3 Å². The van der Waals surface area contributed by atoms with Gasteiger partial charge in [0.1, 0.15) is 10.4 Å². The van der Waals surface area contributed by atoms with E-state index in [2.05, 4.69) is 26.2 Å². The number of nitrogens with zero attached hydrogens (tertiary/aromatic N) is 1. The van der Waals surface area contributed by atoms with Crippen LogP contribution in [-0.2, 0) is 0 Å². The monoisotopic (exact) mass is 349 g/mol. The lowest BCUT2D eigenvalue weighted by Gasteiger charge is -2.11. The molecule has 0 fully saturated rings. The van der Waals surface area contributed by atoms with Gasteiger partial charge in [-0.25, -0.2) is 4.98 Å². The van der Waals surface area contributed by atoms with E-state index >= 15 is 0 Å². The van der Waals surface area contributed by atoms with Crippen molar-refractivity contribution >= 4 is 33.4 Å². The fourth-order valence-electron chi connectivity index (χ4n) is 1.70. The predicted molar refractivity (Wildman–Crippen MR) is 81.4 cm³/mol. The molecular formula is C14H12BrN3O3. The number of carbonyl (C=O) groups excluding carboxylic acids is 2. The van der Waals surface area contributed by atoms with Gasteiger partial charge >= 0.3 is 0 Å². The summed E-state index contributed by atoms with van der Waals surface area (Å²) in [5.74, 6) is -0.501. The number of hydrogen-bond donors (Lipinski definition) is 2. The number of nitrogens with one attached hydrogen (secondary N) is 1. The highest BCUT2D eigenvalue weighted by Crippen LogP contribution is 2.26. The van der Waals surface area contributed by atoms with Gasteiger partial charge < -0.3 is 15.8 Å². The molecule has 0 unspecified atom stereocenters. The average molecular weight is 350 g/mol. The molecule has 0 atom stereocenters. The predicted octanol–water partition coefficient (Wildman–Crippen LogP) is 2.20. The van der Waals surface area contributed by atoms with E-state index in [4.69, 9.17) is 10.5 Å². The van der Waals surface area contributed by atoms with Gasteiger partial charge in [0.15, 0.2) is 0 Å². The zero-order chi connectivity index (χ0) is 15.4. The minimum absolute atomic E-state index is 0.280. The third kappa shape index (κ3) is 3.57. The van der Waals surface area contributed by atoms with Gasteiger partial charge in [0, 0.05) is 17.3 Å². The lowest BCUT2D eigenvalue weighted by molar-refractivity contribution is 0.0996. The molecule has 2 rings (SSSR count). The number of carbonyl (C=O) groups is 2. The van der Waals surface area contributed by atoms with E-state index in [9.17, 15) is 9.59 Å². The first-order chi connectivity index (χ1) is 10.0. The summed E-state index contributed by atoms with van der Waals surface area (Å²) >= 11 is 3.20. The zero-order valence-corrected chi connectivity index (χ0v) is 12.7. The van der Waals surface area contributed by atoms with E-state index in [0.717, 1.165) is 0 Å². The van der Waals surface area contributed by atoms with Gasteiger partial charge in [-0.15, -0.1) is 0 Å². The number of amides is 2. The second kappa shape index (κ2) is 6.36. The van der Waals surface area contributed by atoms with Crippen LogP contribution < -0.4 is 15.8 Å².